The maximum Gasteiger partial charge on any atom is 0.257 e. The van der Waals surface area contributed by atoms with Gasteiger partial charge in [0.15, 0.2) is 10.9 Å². The molecule has 0 spiro atoms. The third-order valence-electron chi connectivity index (χ3n) is 4.95. The van der Waals surface area contributed by atoms with Crippen LogP contribution < -0.4 is 10.2 Å². The maximum absolute atomic E-state index is 13.9. The summed E-state index contributed by atoms with van der Waals surface area (Å²) in [6.07, 6.45) is 0. The minimum Gasteiger partial charge on any atom is -0.351 e. The zero-order chi connectivity index (χ0) is 21.3. The van der Waals surface area contributed by atoms with Gasteiger partial charge in [0.05, 0.1) is 4.70 Å². The molecule has 2 aromatic carbocycles. The van der Waals surface area contributed by atoms with Gasteiger partial charge < -0.3 is 10.2 Å². The third kappa shape index (κ3) is 4.24. The molecule has 1 fully saturated rings. The molecule has 3 aromatic rings. The van der Waals surface area contributed by atoms with E-state index in [1.165, 1.54) is 23.5 Å². The number of piperazine rings is 1. The Bertz CT molecular complexity index is 1060. The van der Waals surface area contributed by atoms with Gasteiger partial charge in [0.2, 0.25) is 0 Å². The molecule has 1 aliphatic rings. The Morgan fingerprint density at radius 3 is 2.43 bits per heavy atom. The van der Waals surface area contributed by atoms with Gasteiger partial charge in [-0.2, -0.15) is 0 Å². The van der Waals surface area contributed by atoms with Gasteiger partial charge in [-0.15, -0.1) is 0 Å². The number of nitrogens with one attached hydrogen (secondary N) is 1. The Kier molecular flexibility index (Phi) is 5.87. The van der Waals surface area contributed by atoms with Gasteiger partial charge in [0.1, 0.15) is 28.5 Å². The standard InChI is InChI=1S/C20H18F4N4OS/c21-12-10-15(24)18-16(11-12)30-20(26-18)28-8-6-27(7-9-28)5-4-25-19(29)17-13(22)2-1-3-14(17)23/h1-3,10-11H,4-9H2,(H,25,29). The van der Waals surface area contributed by atoms with Crippen molar-refractivity contribution in [3.8, 4) is 0 Å². The van der Waals surface area contributed by atoms with Gasteiger partial charge in [-0.25, -0.2) is 22.5 Å². The Morgan fingerprint density at radius 2 is 1.73 bits per heavy atom. The average molecular weight is 438 g/mol. The predicted molar refractivity (Wildman–Crippen MR) is 107 cm³/mol. The average Bonchev–Trinajstić information content (AvgIpc) is 3.13. The second-order valence-electron chi connectivity index (χ2n) is 6.91. The second kappa shape index (κ2) is 8.57. The third-order valence-corrected chi connectivity index (χ3v) is 6.01. The zero-order valence-corrected chi connectivity index (χ0v) is 16.6. The summed E-state index contributed by atoms with van der Waals surface area (Å²) in [5, 5.41) is 3.17. The van der Waals surface area contributed by atoms with Crippen LogP contribution in [-0.2, 0) is 0 Å². The summed E-state index contributed by atoms with van der Waals surface area (Å²) in [6.45, 7) is 3.40. The predicted octanol–water partition coefficient (Wildman–Crippen LogP) is 3.40. The van der Waals surface area contributed by atoms with Crippen molar-refractivity contribution in [1.29, 1.82) is 0 Å². The van der Waals surface area contributed by atoms with E-state index in [9.17, 15) is 22.4 Å². The largest absolute Gasteiger partial charge is 0.351 e. The van der Waals surface area contributed by atoms with Crippen molar-refractivity contribution in [2.24, 2.45) is 0 Å². The molecular formula is C20H18F4N4OS. The Morgan fingerprint density at radius 1 is 1.03 bits per heavy atom. The van der Waals surface area contributed by atoms with E-state index < -0.39 is 34.7 Å². The number of fused-ring (bicyclic) bond motifs is 1. The van der Waals surface area contributed by atoms with Gasteiger partial charge in [-0.3, -0.25) is 9.69 Å². The molecule has 0 aliphatic carbocycles. The molecule has 1 amide bonds. The van der Waals surface area contributed by atoms with Gasteiger partial charge in [-0.05, 0) is 18.2 Å². The summed E-state index contributed by atoms with van der Waals surface area (Å²) in [4.78, 5) is 20.4. The highest BCUT2D eigenvalue weighted by atomic mass is 32.1. The van der Waals surface area contributed by atoms with E-state index in [-0.39, 0.29) is 12.1 Å². The molecule has 158 valence electrons. The molecule has 1 saturated heterocycles. The molecule has 1 aromatic heterocycles. The van der Waals surface area contributed by atoms with Crippen LogP contribution in [0.1, 0.15) is 10.4 Å². The van der Waals surface area contributed by atoms with Crippen LogP contribution in [0.3, 0.4) is 0 Å². The Labute approximate surface area is 173 Å². The van der Waals surface area contributed by atoms with E-state index in [0.29, 0.717) is 42.6 Å². The molecule has 0 unspecified atom stereocenters. The fraction of sp³-hybridized carbons (Fsp3) is 0.300. The van der Waals surface area contributed by atoms with Crippen molar-refractivity contribution < 1.29 is 22.4 Å². The van der Waals surface area contributed by atoms with Gasteiger partial charge >= 0.3 is 0 Å². The lowest BCUT2D eigenvalue weighted by Gasteiger charge is -2.34. The van der Waals surface area contributed by atoms with E-state index in [0.717, 1.165) is 18.2 Å². The molecule has 30 heavy (non-hydrogen) atoms. The van der Waals surface area contributed by atoms with Crippen LogP contribution in [0.4, 0.5) is 22.7 Å². The van der Waals surface area contributed by atoms with Crippen molar-refractivity contribution in [3.05, 3.63) is 59.2 Å². The summed E-state index contributed by atoms with van der Waals surface area (Å²) in [5.74, 6) is -3.87. The summed E-state index contributed by atoms with van der Waals surface area (Å²) in [5.41, 5.74) is -0.413. The summed E-state index contributed by atoms with van der Waals surface area (Å²) < 4.78 is 55.0. The number of hydrogen-bond donors (Lipinski definition) is 1. The number of anilines is 1. The van der Waals surface area contributed by atoms with Gasteiger partial charge in [-0.1, -0.05) is 17.4 Å². The number of carbonyl (C=O) groups is 1. The lowest BCUT2D eigenvalue weighted by molar-refractivity contribution is 0.0939. The quantitative estimate of drug-likeness (QED) is 0.621. The van der Waals surface area contributed by atoms with Crippen molar-refractivity contribution in [3.63, 3.8) is 0 Å². The number of halogens is 4. The number of nitrogens with zero attached hydrogens (tertiary/aromatic N) is 3. The van der Waals surface area contributed by atoms with Crippen LogP contribution >= 0.6 is 11.3 Å². The molecule has 1 N–H and O–H groups in total. The Hall–Kier alpha value is -2.72. The van der Waals surface area contributed by atoms with Crippen LogP contribution in [0, 0.1) is 23.3 Å². The van der Waals surface area contributed by atoms with E-state index in [1.807, 2.05) is 4.90 Å². The summed E-state index contributed by atoms with van der Waals surface area (Å²) in [6, 6.07) is 5.39. The van der Waals surface area contributed by atoms with E-state index in [2.05, 4.69) is 15.2 Å². The molecule has 5 nitrogen and oxygen atoms in total. The monoisotopic (exact) mass is 438 g/mol. The van der Waals surface area contributed by atoms with Crippen LogP contribution in [0.5, 0.6) is 0 Å². The summed E-state index contributed by atoms with van der Waals surface area (Å²) >= 11 is 1.24. The molecule has 4 rings (SSSR count). The second-order valence-corrected chi connectivity index (χ2v) is 7.92. The molecule has 0 saturated carbocycles. The fourth-order valence-electron chi connectivity index (χ4n) is 3.37. The Balaban J connectivity index is 1.29. The molecule has 0 atom stereocenters. The van der Waals surface area contributed by atoms with Crippen molar-refractivity contribution >= 4 is 32.6 Å². The smallest absolute Gasteiger partial charge is 0.257 e. The summed E-state index contributed by atoms with van der Waals surface area (Å²) in [7, 11) is 0. The number of hydrogen-bond acceptors (Lipinski definition) is 5. The number of rotatable bonds is 5. The fourth-order valence-corrected chi connectivity index (χ4v) is 4.43. The lowest BCUT2D eigenvalue weighted by Crippen LogP contribution is -2.48. The first kappa shape index (κ1) is 20.5. The van der Waals surface area contributed by atoms with Gasteiger partial charge in [0, 0.05) is 45.3 Å². The molecule has 0 radical (unpaired) electrons. The maximum atomic E-state index is 13.9. The molecule has 2 heterocycles. The number of amides is 1. The van der Waals surface area contributed by atoms with E-state index in [1.54, 1.807) is 0 Å². The van der Waals surface area contributed by atoms with Crippen LogP contribution in [0.15, 0.2) is 30.3 Å². The molecule has 1 aliphatic heterocycles. The first-order valence-electron chi connectivity index (χ1n) is 9.37. The van der Waals surface area contributed by atoms with Crippen molar-refractivity contribution in [2.75, 3.05) is 44.2 Å². The van der Waals surface area contributed by atoms with Gasteiger partial charge in [0.25, 0.3) is 5.91 Å². The highest BCUT2D eigenvalue weighted by molar-refractivity contribution is 7.22. The highest BCUT2D eigenvalue weighted by Gasteiger charge is 2.22. The van der Waals surface area contributed by atoms with E-state index in [4.69, 9.17) is 0 Å². The van der Waals surface area contributed by atoms with Crippen molar-refractivity contribution in [1.82, 2.24) is 15.2 Å². The number of carbonyl (C=O) groups excluding carboxylic acids is 1. The number of aromatic nitrogens is 1. The highest BCUT2D eigenvalue weighted by Crippen LogP contribution is 2.31. The SMILES string of the molecule is O=C(NCCN1CCN(c2nc3c(F)cc(F)cc3s2)CC1)c1c(F)cccc1F. The minimum atomic E-state index is -0.895. The normalized spacial score (nSPS) is 15.0. The number of thiazole rings is 1. The topological polar surface area (TPSA) is 48.5 Å². The zero-order valence-electron chi connectivity index (χ0n) is 15.8. The first-order valence-corrected chi connectivity index (χ1v) is 10.2. The number of benzene rings is 2. The van der Waals surface area contributed by atoms with Crippen LogP contribution in [0.25, 0.3) is 10.2 Å². The first-order chi connectivity index (χ1) is 14.4. The van der Waals surface area contributed by atoms with E-state index >= 15 is 0 Å². The lowest BCUT2D eigenvalue weighted by atomic mass is 10.2. The van der Waals surface area contributed by atoms with Crippen LogP contribution in [-0.4, -0.2) is 55.1 Å². The molecular weight excluding hydrogens is 420 g/mol. The minimum absolute atomic E-state index is 0.168. The van der Waals surface area contributed by atoms with Crippen molar-refractivity contribution in [2.45, 2.75) is 0 Å². The van der Waals surface area contributed by atoms with Crippen LogP contribution in [0.2, 0.25) is 0 Å². The molecule has 0 bridgehead atoms. The molecule has 10 heteroatoms.